The minimum atomic E-state index is -0.0527. The summed E-state index contributed by atoms with van der Waals surface area (Å²) >= 11 is 6.75. The molecule has 0 bridgehead atoms. The zero-order valence-electron chi connectivity index (χ0n) is 16.9. The molecule has 2 amide bonds. The number of amides is 2. The molecule has 0 aliphatic carbocycles. The van der Waals surface area contributed by atoms with Gasteiger partial charge in [0.05, 0.1) is 4.91 Å². The third-order valence-corrected chi connectivity index (χ3v) is 6.54. The van der Waals surface area contributed by atoms with E-state index in [2.05, 4.69) is 0 Å². The molecule has 2 aliphatic heterocycles. The van der Waals surface area contributed by atoms with Gasteiger partial charge in [0.15, 0.2) is 0 Å². The van der Waals surface area contributed by atoms with Crippen molar-refractivity contribution in [2.45, 2.75) is 45.4 Å². The SMILES string of the molecule is CC(=Cc1ccccc1)C=C1SC(=S)N(CCCC(=O)N2CCCCCC2)C1=O. The second-order valence-corrected chi connectivity index (χ2v) is 9.21. The number of benzene rings is 1. The molecule has 0 spiro atoms. The van der Waals surface area contributed by atoms with Crippen LogP contribution in [0.5, 0.6) is 0 Å². The molecule has 1 aromatic carbocycles. The molecule has 2 heterocycles. The zero-order chi connectivity index (χ0) is 20.6. The van der Waals surface area contributed by atoms with E-state index in [0.717, 1.165) is 37.1 Å². The number of allylic oxidation sites excluding steroid dienone is 2. The standard InChI is InChI=1S/C23H28N2O2S2/c1-18(16-19-10-5-4-6-11-19)17-20-22(27)25(23(28)29-20)15-9-12-21(26)24-13-7-2-3-8-14-24/h4-6,10-11,16-17H,2-3,7-9,12-15H2,1H3. The van der Waals surface area contributed by atoms with Crippen molar-refractivity contribution in [1.82, 2.24) is 9.80 Å². The van der Waals surface area contributed by atoms with Gasteiger partial charge in [-0.15, -0.1) is 0 Å². The number of hydrogen-bond acceptors (Lipinski definition) is 4. The Morgan fingerprint density at radius 1 is 1.14 bits per heavy atom. The van der Waals surface area contributed by atoms with Gasteiger partial charge in [0.1, 0.15) is 4.32 Å². The van der Waals surface area contributed by atoms with E-state index in [4.69, 9.17) is 12.2 Å². The normalized spacial score (nSPS) is 19.8. The Hall–Kier alpha value is -1.92. The van der Waals surface area contributed by atoms with Crippen molar-refractivity contribution in [2.75, 3.05) is 19.6 Å². The molecule has 154 valence electrons. The topological polar surface area (TPSA) is 40.6 Å². The second-order valence-electron chi connectivity index (χ2n) is 7.53. The Balaban J connectivity index is 1.53. The van der Waals surface area contributed by atoms with E-state index < -0.39 is 0 Å². The third-order valence-electron chi connectivity index (χ3n) is 5.16. The van der Waals surface area contributed by atoms with E-state index in [1.165, 1.54) is 24.6 Å². The van der Waals surface area contributed by atoms with Crippen LogP contribution in [0.25, 0.3) is 6.08 Å². The molecule has 1 aromatic rings. The first-order chi connectivity index (χ1) is 14.0. The molecular weight excluding hydrogens is 400 g/mol. The van der Waals surface area contributed by atoms with E-state index in [-0.39, 0.29) is 11.8 Å². The smallest absolute Gasteiger partial charge is 0.266 e. The summed E-state index contributed by atoms with van der Waals surface area (Å²) in [6.07, 6.45) is 9.69. The summed E-state index contributed by atoms with van der Waals surface area (Å²) in [5, 5.41) is 0. The maximum atomic E-state index is 12.8. The van der Waals surface area contributed by atoms with Crippen LogP contribution >= 0.6 is 24.0 Å². The third kappa shape index (κ3) is 6.28. The average Bonchev–Trinajstić information content (AvgIpc) is 2.90. The van der Waals surface area contributed by atoms with Gasteiger partial charge in [0.25, 0.3) is 5.91 Å². The lowest BCUT2D eigenvalue weighted by Crippen LogP contribution is -2.33. The van der Waals surface area contributed by atoms with Gasteiger partial charge in [-0.2, -0.15) is 0 Å². The fourth-order valence-corrected chi connectivity index (χ4v) is 4.98. The highest BCUT2D eigenvalue weighted by molar-refractivity contribution is 8.26. The first kappa shape index (κ1) is 21.8. The molecule has 0 saturated carbocycles. The highest BCUT2D eigenvalue weighted by Gasteiger charge is 2.31. The molecule has 2 aliphatic rings. The number of carbonyl (C=O) groups is 2. The Kier molecular flexibility index (Phi) is 8.07. The summed E-state index contributed by atoms with van der Waals surface area (Å²) < 4.78 is 0.580. The fourth-order valence-electron chi connectivity index (χ4n) is 3.62. The molecular formula is C23H28N2O2S2. The molecule has 2 saturated heterocycles. The number of thiocarbonyl (C=S) groups is 1. The van der Waals surface area contributed by atoms with Crippen molar-refractivity contribution < 1.29 is 9.59 Å². The number of nitrogens with zero attached hydrogens (tertiary/aromatic N) is 2. The lowest BCUT2D eigenvalue weighted by Gasteiger charge is -2.21. The van der Waals surface area contributed by atoms with E-state index in [1.807, 2.05) is 54.3 Å². The van der Waals surface area contributed by atoms with E-state index in [0.29, 0.717) is 28.6 Å². The van der Waals surface area contributed by atoms with Gasteiger partial charge >= 0.3 is 0 Å². The largest absolute Gasteiger partial charge is 0.343 e. The van der Waals surface area contributed by atoms with Crippen LogP contribution in [0.2, 0.25) is 0 Å². The summed E-state index contributed by atoms with van der Waals surface area (Å²) in [5.41, 5.74) is 2.11. The van der Waals surface area contributed by atoms with E-state index in [9.17, 15) is 9.59 Å². The van der Waals surface area contributed by atoms with Gasteiger partial charge in [0, 0.05) is 26.1 Å². The minimum Gasteiger partial charge on any atom is -0.343 e. The van der Waals surface area contributed by atoms with Gasteiger partial charge in [-0.1, -0.05) is 73.2 Å². The number of carbonyl (C=O) groups excluding carboxylic acids is 2. The first-order valence-electron chi connectivity index (χ1n) is 10.3. The summed E-state index contributed by atoms with van der Waals surface area (Å²) in [6, 6.07) is 10.0. The van der Waals surface area contributed by atoms with Crippen LogP contribution in [0, 0.1) is 0 Å². The van der Waals surface area contributed by atoms with Crippen LogP contribution < -0.4 is 0 Å². The first-order valence-corrected chi connectivity index (χ1v) is 11.5. The average molecular weight is 429 g/mol. The van der Waals surface area contributed by atoms with Gasteiger partial charge in [-0.05, 0) is 43.4 Å². The number of hydrogen-bond donors (Lipinski definition) is 0. The molecule has 0 aromatic heterocycles. The van der Waals surface area contributed by atoms with Crippen molar-refractivity contribution in [3.63, 3.8) is 0 Å². The monoisotopic (exact) mass is 428 g/mol. The molecule has 3 rings (SSSR count). The highest BCUT2D eigenvalue weighted by atomic mass is 32.2. The maximum absolute atomic E-state index is 12.8. The summed E-state index contributed by atoms with van der Waals surface area (Å²) in [5.74, 6) is 0.151. The molecule has 0 atom stereocenters. The lowest BCUT2D eigenvalue weighted by atomic mass is 10.1. The molecule has 0 radical (unpaired) electrons. The summed E-state index contributed by atoms with van der Waals surface area (Å²) in [7, 11) is 0. The van der Waals surface area contributed by atoms with Crippen LogP contribution in [0.3, 0.4) is 0 Å². The predicted octanol–water partition coefficient (Wildman–Crippen LogP) is 5.02. The van der Waals surface area contributed by atoms with Crippen LogP contribution in [0.1, 0.15) is 51.0 Å². The molecule has 0 N–H and O–H groups in total. The minimum absolute atomic E-state index is 0.0527. The summed E-state index contributed by atoms with van der Waals surface area (Å²) in [4.78, 5) is 29.5. The Morgan fingerprint density at radius 3 is 2.52 bits per heavy atom. The molecule has 2 fully saturated rings. The molecule has 4 nitrogen and oxygen atoms in total. The van der Waals surface area contributed by atoms with Crippen molar-refractivity contribution >= 4 is 46.2 Å². The second kappa shape index (κ2) is 10.7. The van der Waals surface area contributed by atoms with Crippen LogP contribution in [0.15, 0.2) is 46.9 Å². The van der Waals surface area contributed by atoms with Crippen LogP contribution in [-0.2, 0) is 9.59 Å². The summed E-state index contributed by atoms with van der Waals surface area (Å²) in [6.45, 7) is 4.23. The van der Waals surface area contributed by atoms with Gasteiger partial charge in [-0.25, -0.2) is 0 Å². The number of likely N-dealkylation sites (tertiary alicyclic amines) is 1. The highest BCUT2D eigenvalue weighted by Crippen LogP contribution is 2.32. The molecule has 6 heteroatoms. The Bertz CT molecular complexity index is 809. The van der Waals surface area contributed by atoms with Crippen molar-refractivity contribution in [3.8, 4) is 0 Å². The van der Waals surface area contributed by atoms with Gasteiger partial charge < -0.3 is 4.90 Å². The number of thioether (sulfide) groups is 1. The molecule has 29 heavy (non-hydrogen) atoms. The van der Waals surface area contributed by atoms with Gasteiger partial charge in [-0.3, -0.25) is 14.5 Å². The zero-order valence-corrected chi connectivity index (χ0v) is 18.6. The van der Waals surface area contributed by atoms with Gasteiger partial charge in [0.2, 0.25) is 5.91 Å². The van der Waals surface area contributed by atoms with Crippen molar-refractivity contribution in [1.29, 1.82) is 0 Å². The quantitative estimate of drug-likeness (QED) is 0.471. The van der Waals surface area contributed by atoms with E-state index in [1.54, 1.807) is 4.90 Å². The van der Waals surface area contributed by atoms with E-state index >= 15 is 0 Å². The fraction of sp³-hybridized carbons (Fsp3) is 0.435. The van der Waals surface area contributed by atoms with Crippen LogP contribution in [0.4, 0.5) is 0 Å². The number of rotatable bonds is 6. The predicted molar refractivity (Wildman–Crippen MR) is 124 cm³/mol. The van der Waals surface area contributed by atoms with Crippen molar-refractivity contribution in [3.05, 3.63) is 52.4 Å². The molecule has 0 unspecified atom stereocenters. The maximum Gasteiger partial charge on any atom is 0.266 e. The lowest BCUT2D eigenvalue weighted by molar-refractivity contribution is -0.131. The van der Waals surface area contributed by atoms with Crippen molar-refractivity contribution in [2.24, 2.45) is 0 Å². The van der Waals surface area contributed by atoms with Crippen LogP contribution in [-0.4, -0.2) is 45.6 Å². The Labute approximate surface area is 183 Å². The Morgan fingerprint density at radius 2 is 1.83 bits per heavy atom.